The molecule has 0 atom stereocenters. The molecule has 2 N–H and O–H groups in total. The highest BCUT2D eigenvalue weighted by atomic mass is 16.4. The van der Waals surface area contributed by atoms with Gasteiger partial charge in [0, 0.05) is 16.9 Å². The highest BCUT2D eigenvalue weighted by Gasteiger charge is 2.26. The van der Waals surface area contributed by atoms with E-state index in [-0.39, 0.29) is 12.3 Å². The molecule has 0 fully saturated rings. The third-order valence-electron chi connectivity index (χ3n) is 4.14. The molecule has 22 heavy (non-hydrogen) atoms. The summed E-state index contributed by atoms with van der Waals surface area (Å²) in [5, 5.41) is 28.5. The lowest BCUT2D eigenvalue weighted by molar-refractivity contribution is -0.136. The maximum absolute atomic E-state index is 11.1. The van der Waals surface area contributed by atoms with Crippen LogP contribution in [0, 0.1) is 11.3 Å². The number of hydrogen-bond donors (Lipinski definition) is 2. The Morgan fingerprint density at radius 2 is 1.91 bits per heavy atom. The molecule has 0 spiro atoms. The summed E-state index contributed by atoms with van der Waals surface area (Å²) in [7, 11) is 0. The molecular formula is C17H16N2O3. The minimum absolute atomic E-state index is 0.0130. The number of nitrogens with zero attached hydrogens (tertiary/aromatic N) is 2. The summed E-state index contributed by atoms with van der Waals surface area (Å²) < 4.78 is 1.73. The maximum Gasteiger partial charge on any atom is 0.308 e. The standard InChI is InChI=1S/C17H16N2O3/c18-10-11-5-7-12(8-6-11)19-15-4-2-1-3-13(15)14(17(19)22)9-16(20)21/h5-8,22H,1-4,9H2,(H,20,21). The minimum Gasteiger partial charge on any atom is -0.494 e. The van der Waals surface area contributed by atoms with Crippen molar-refractivity contribution in [2.24, 2.45) is 0 Å². The molecule has 1 aliphatic carbocycles. The number of aromatic hydroxyl groups is 1. The molecule has 2 aromatic rings. The van der Waals surface area contributed by atoms with Gasteiger partial charge in [0.2, 0.25) is 0 Å². The Kier molecular flexibility index (Phi) is 3.60. The molecule has 1 aromatic carbocycles. The number of carbonyl (C=O) groups is 1. The number of fused-ring (bicyclic) bond motifs is 1. The highest BCUT2D eigenvalue weighted by Crippen LogP contribution is 2.37. The molecule has 3 rings (SSSR count). The molecule has 0 bridgehead atoms. The van der Waals surface area contributed by atoms with E-state index in [9.17, 15) is 9.90 Å². The number of nitriles is 1. The maximum atomic E-state index is 11.1. The Hall–Kier alpha value is -2.74. The van der Waals surface area contributed by atoms with Crippen LogP contribution in [-0.2, 0) is 24.1 Å². The number of aliphatic carboxylic acids is 1. The molecule has 0 aliphatic heterocycles. The van der Waals surface area contributed by atoms with E-state index >= 15 is 0 Å². The fourth-order valence-electron chi connectivity index (χ4n) is 3.16. The van der Waals surface area contributed by atoms with Crippen LogP contribution in [-0.4, -0.2) is 20.7 Å². The van der Waals surface area contributed by atoms with E-state index < -0.39 is 5.97 Å². The van der Waals surface area contributed by atoms with Gasteiger partial charge in [-0.1, -0.05) is 0 Å². The Bertz CT molecular complexity index is 767. The van der Waals surface area contributed by atoms with E-state index in [2.05, 4.69) is 6.07 Å². The minimum atomic E-state index is -0.944. The third-order valence-corrected chi connectivity index (χ3v) is 4.14. The Balaban J connectivity index is 2.16. The molecular weight excluding hydrogens is 280 g/mol. The second-order valence-electron chi connectivity index (χ2n) is 5.50. The Labute approximate surface area is 128 Å². The van der Waals surface area contributed by atoms with Crippen molar-refractivity contribution >= 4 is 5.97 Å². The first-order chi connectivity index (χ1) is 10.6. The quantitative estimate of drug-likeness (QED) is 0.911. The van der Waals surface area contributed by atoms with Gasteiger partial charge in [-0.2, -0.15) is 5.26 Å². The summed E-state index contributed by atoms with van der Waals surface area (Å²) in [6, 6.07) is 9.01. The van der Waals surface area contributed by atoms with Gasteiger partial charge < -0.3 is 10.2 Å². The zero-order chi connectivity index (χ0) is 15.7. The molecule has 0 radical (unpaired) electrons. The second-order valence-corrected chi connectivity index (χ2v) is 5.50. The number of carboxylic acid groups (broad SMARTS) is 1. The second kappa shape index (κ2) is 5.57. The molecule has 112 valence electrons. The van der Waals surface area contributed by atoms with Crippen LogP contribution in [0.3, 0.4) is 0 Å². The van der Waals surface area contributed by atoms with Crippen molar-refractivity contribution in [1.29, 1.82) is 5.26 Å². The van der Waals surface area contributed by atoms with Gasteiger partial charge in [-0.25, -0.2) is 0 Å². The molecule has 0 unspecified atom stereocenters. The van der Waals surface area contributed by atoms with Gasteiger partial charge in [0.1, 0.15) is 0 Å². The average molecular weight is 296 g/mol. The van der Waals surface area contributed by atoms with E-state index in [1.807, 2.05) is 0 Å². The summed E-state index contributed by atoms with van der Waals surface area (Å²) in [6.07, 6.45) is 3.49. The van der Waals surface area contributed by atoms with Gasteiger partial charge in [-0.15, -0.1) is 0 Å². The van der Waals surface area contributed by atoms with Crippen LogP contribution in [0.25, 0.3) is 5.69 Å². The van der Waals surface area contributed by atoms with Crippen LogP contribution in [0.5, 0.6) is 5.88 Å². The van der Waals surface area contributed by atoms with Crippen molar-refractivity contribution in [2.45, 2.75) is 32.1 Å². The first-order valence-electron chi connectivity index (χ1n) is 7.28. The van der Waals surface area contributed by atoms with Crippen molar-refractivity contribution < 1.29 is 15.0 Å². The monoisotopic (exact) mass is 296 g/mol. The molecule has 5 heteroatoms. The van der Waals surface area contributed by atoms with Crippen molar-refractivity contribution in [3.63, 3.8) is 0 Å². The third kappa shape index (κ3) is 2.33. The van der Waals surface area contributed by atoms with Crippen LogP contribution in [0.1, 0.15) is 35.2 Å². The molecule has 1 aliphatic rings. The lowest BCUT2D eigenvalue weighted by Gasteiger charge is -2.16. The van der Waals surface area contributed by atoms with Gasteiger partial charge in [0.05, 0.1) is 18.1 Å². The van der Waals surface area contributed by atoms with Crippen molar-refractivity contribution in [1.82, 2.24) is 4.57 Å². The molecule has 1 aromatic heterocycles. The number of benzene rings is 1. The smallest absolute Gasteiger partial charge is 0.308 e. The van der Waals surface area contributed by atoms with Crippen molar-refractivity contribution in [3.8, 4) is 17.6 Å². The molecule has 0 saturated heterocycles. The lowest BCUT2D eigenvalue weighted by atomic mass is 9.94. The first kappa shape index (κ1) is 14.2. The SMILES string of the molecule is N#Cc1ccc(-n2c(O)c(CC(=O)O)c3c2CCCC3)cc1. The average Bonchev–Trinajstić information content (AvgIpc) is 2.80. The largest absolute Gasteiger partial charge is 0.494 e. The number of aromatic nitrogens is 1. The van der Waals surface area contributed by atoms with Crippen molar-refractivity contribution in [3.05, 3.63) is 46.6 Å². The van der Waals surface area contributed by atoms with Gasteiger partial charge in [0.15, 0.2) is 5.88 Å². The lowest BCUT2D eigenvalue weighted by Crippen LogP contribution is -2.08. The van der Waals surface area contributed by atoms with Crippen LogP contribution >= 0.6 is 0 Å². The van der Waals surface area contributed by atoms with Crippen LogP contribution < -0.4 is 0 Å². The van der Waals surface area contributed by atoms with Gasteiger partial charge in [-0.3, -0.25) is 9.36 Å². The zero-order valence-corrected chi connectivity index (χ0v) is 12.0. The van der Waals surface area contributed by atoms with E-state index in [0.717, 1.165) is 42.6 Å². The summed E-state index contributed by atoms with van der Waals surface area (Å²) in [5.74, 6) is -0.931. The molecule has 0 saturated carbocycles. The van der Waals surface area contributed by atoms with E-state index in [1.165, 1.54) is 0 Å². The summed E-state index contributed by atoms with van der Waals surface area (Å²) in [5.41, 5.74) is 3.79. The fraction of sp³-hybridized carbons (Fsp3) is 0.294. The summed E-state index contributed by atoms with van der Waals surface area (Å²) in [6.45, 7) is 0. The number of carboxylic acids is 1. The van der Waals surface area contributed by atoms with Gasteiger partial charge in [-0.05, 0) is 55.5 Å². The molecule has 1 heterocycles. The number of rotatable bonds is 3. The Morgan fingerprint density at radius 1 is 1.23 bits per heavy atom. The molecule has 5 nitrogen and oxygen atoms in total. The topological polar surface area (TPSA) is 86.3 Å². The first-order valence-corrected chi connectivity index (χ1v) is 7.28. The van der Waals surface area contributed by atoms with E-state index in [0.29, 0.717) is 11.1 Å². The predicted molar refractivity (Wildman–Crippen MR) is 80.1 cm³/mol. The zero-order valence-electron chi connectivity index (χ0n) is 12.0. The van der Waals surface area contributed by atoms with Crippen LogP contribution in [0.15, 0.2) is 24.3 Å². The van der Waals surface area contributed by atoms with Crippen molar-refractivity contribution in [2.75, 3.05) is 0 Å². The summed E-state index contributed by atoms with van der Waals surface area (Å²) >= 11 is 0. The summed E-state index contributed by atoms with van der Waals surface area (Å²) in [4.78, 5) is 11.1. The van der Waals surface area contributed by atoms with Gasteiger partial charge in [0.25, 0.3) is 0 Å². The van der Waals surface area contributed by atoms with Crippen LogP contribution in [0.2, 0.25) is 0 Å². The van der Waals surface area contributed by atoms with Gasteiger partial charge >= 0.3 is 5.97 Å². The van der Waals surface area contributed by atoms with E-state index in [4.69, 9.17) is 10.4 Å². The normalized spacial score (nSPS) is 13.4. The highest BCUT2D eigenvalue weighted by molar-refractivity contribution is 5.73. The molecule has 0 amide bonds. The van der Waals surface area contributed by atoms with Crippen LogP contribution in [0.4, 0.5) is 0 Å². The number of hydrogen-bond acceptors (Lipinski definition) is 3. The fourth-order valence-corrected chi connectivity index (χ4v) is 3.16. The Morgan fingerprint density at radius 3 is 2.55 bits per heavy atom. The predicted octanol–water partition coefficient (Wildman–Crippen LogP) is 2.56. The van der Waals surface area contributed by atoms with E-state index in [1.54, 1.807) is 28.8 Å².